The number of aliphatic carboxylic acids is 1. The average molecular weight is 348 g/mol. The molecule has 1 aliphatic rings. The first kappa shape index (κ1) is 19.5. The van der Waals surface area contributed by atoms with Crippen LogP contribution in [-0.4, -0.2) is 61.8 Å². The van der Waals surface area contributed by atoms with Crippen molar-refractivity contribution in [3.05, 3.63) is 12.2 Å². The molecule has 1 rings (SSSR count). The van der Waals surface area contributed by atoms with Crippen LogP contribution in [0.2, 0.25) is 0 Å². The maximum Gasteiger partial charge on any atom is 0.313 e. The van der Waals surface area contributed by atoms with E-state index in [2.05, 4.69) is 0 Å². The lowest BCUT2D eigenvalue weighted by molar-refractivity contribution is -0.133. The lowest BCUT2D eigenvalue weighted by Gasteiger charge is -2.17. The van der Waals surface area contributed by atoms with Gasteiger partial charge in [-0.05, 0) is 24.3 Å². The molecule has 1 aliphatic carbocycles. The molecule has 0 amide bonds. The highest BCUT2D eigenvalue weighted by Gasteiger charge is 2.40. The van der Waals surface area contributed by atoms with Crippen LogP contribution in [0.25, 0.3) is 0 Å². The first-order valence-corrected chi connectivity index (χ1v) is 9.64. The summed E-state index contributed by atoms with van der Waals surface area (Å²) >= 11 is 2.89. The molecule has 0 bridgehead atoms. The fraction of sp³-hybridized carbons (Fsp3) is 0.733. The Balaban J connectivity index is 2.39. The van der Waals surface area contributed by atoms with Crippen molar-refractivity contribution in [2.75, 3.05) is 17.3 Å². The standard InChI is InChI=1S/C15H24O5S2/c1-2-10(16)4-5-11-12(17)8-13(18)15(11)22-7-3-6-21-9-14(19)20/h4-5,10-12,15-17H,2-3,6-9H2,1H3,(H,19,20)/b5-4+/t10?,11-,12?,15?/m0/s1. The third kappa shape index (κ3) is 6.73. The van der Waals surface area contributed by atoms with Gasteiger partial charge in [0.2, 0.25) is 0 Å². The molecule has 1 saturated carbocycles. The van der Waals surface area contributed by atoms with Crippen molar-refractivity contribution in [3.63, 3.8) is 0 Å². The van der Waals surface area contributed by atoms with Crippen LogP contribution in [0.15, 0.2) is 12.2 Å². The monoisotopic (exact) mass is 348 g/mol. The summed E-state index contributed by atoms with van der Waals surface area (Å²) in [7, 11) is 0. The number of rotatable bonds is 10. The Kier molecular flexibility index (Phi) is 9.16. The van der Waals surface area contributed by atoms with E-state index in [9.17, 15) is 19.8 Å². The zero-order valence-corrected chi connectivity index (χ0v) is 14.3. The summed E-state index contributed by atoms with van der Waals surface area (Å²) in [5.74, 6) is 0.605. The number of hydrogen-bond acceptors (Lipinski definition) is 6. The van der Waals surface area contributed by atoms with Gasteiger partial charge in [-0.1, -0.05) is 19.1 Å². The van der Waals surface area contributed by atoms with Crippen LogP contribution in [0.4, 0.5) is 0 Å². The average Bonchev–Trinajstić information content (AvgIpc) is 2.73. The largest absolute Gasteiger partial charge is 0.481 e. The van der Waals surface area contributed by atoms with Gasteiger partial charge < -0.3 is 15.3 Å². The van der Waals surface area contributed by atoms with Crippen molar-refractivity contribution in [1.29, 1.82) is 0 Å². The van der Waals surface area contributed by atoms with Gasteiger partial charge in [0, 0.05) is 12.3 Å². The van der Waals surface area contributed by atoms with E-state index in [1.807, 2.05) is 6.92 Å². The van der Waals surface area contributed by atoms with E-state index in [0.29, 0.717) is 6.42 Å². The van der Waals surface area contributed by atoms with Crippen LogP contribution in [-0.2, 0) is 9.59 Å². The highest BCUT2D eigenvalue weighted by Crippen LogP contribution is 2.34. The predicted molar refractivity (Wildman–Crippen MR) is 90.4 cm³/mol. The molecule has 5 nitrogen and oxygen atoms in total. The Morgan fingerprint density at radius 2 is 2.18 bits per heavy atom. The zero-order chi connectivity index (χ0) is 16.5. The van der Waals surface area contributed by atoms with E-state index in [1.165, 1.54) is 23.5 Å². The highest BCUT2D eigenvalue weighted by molar-refractivity contribution is 8.01. The van der Waals surface area contributed by atoms with Crippen molar-refractivity contribution < 1.29 is 24.9 Å². The van der Waals surface area contributed by atoms with Crippen LogP contribution in [0.1, 0.15) is 26.2 Å². The molecular formula is C15H24O5S2. The molecule has 0 aliphatic heterocycles. The van der Waals surface area contributed by atoms with Crippen LogP contribution in [0.5, 0.6) is 0 Å². The van der Waals surface area contributed by atoms with Crippen molar-refractivity contribution >= 4 is 35.3 Å². The Hall–Kier alpha value is -0.500. The second-order valence-electron chi connectivity index (χ2n) is 5.27. The van der Waals surface area contributed by atoms with Gasteiger partial charge in [-0.25, -0.2) is 0 Å². The number of carboxylic acids is 1. The first-order valence-electron chi connectivity index (χ1n) is 7.44. The summed E-state index contributed by atoms with van der Waals surface area (Å²) in [5.41, 5.74) is 0. The molecule has 0 heterocycles. The van der Waals surface area contributed by atoms with Crippen LogP contribution < -0.4 is 0 Å². The van der Waals surface area contributed by atoms with Crippen molar-refractivity contribution in [2.45, 2.75) is 43.6 Å². The summed E-state index contributed by atoms with van der Waals surface area (Å²) < 4.78 is 0. The fourth-order valence-electron chi connectivity index (χ4n) is 2.23. The van der Waals surface area contributed by atoms with Gasteiger partial charge in [0.15, 0.2) is 0 Å². The van der Waals surface area contributed by atoms with E-state index in [0.717, 1.165) is 17.9 Å². The fourth-order valence-corrected chi connectivity index (χ4v) is 4.42. The van der Waals surface area contributed by atoms with Gasteiger partial charge in [0.05, 0.1) is 23.2 Å². The smallest absolute Gasteiger partial charge is 0.313 e. The second kappa shape index (κ2) is 10.3. The lowest BCUT2D eigenvalue weighted by Crippen LogP contribution is -2.22. The molecule has 0 spiro atoms. The molecule has 22 heavy (non-hydrogen) atoms. The van der Waals surface area contributed by atoms with E-state index in [-0.39, 0.29) is 29.1 Å². The second-order valence-corrected chi connectivity index (χ2v) is 7.62. The van der Waals surface area contributed by atoms with Gasteiger partial charge in [0.25, 0.3) is 0 Å². The van der Waals surface area contributed by atoms with Crippen LogP contribution in [0, 0.1) is 5.92 Å². The Morgan fingerprint density at radius 1 is 1.45 bits per heavy atom. The number of carbonyl (C=O) groups excluding carboxylic acids is 1. The number of carbonyl (C=O) groups is 2. The normalized spacial score (nSPS) is 26.7. The molecule has 0 aromatic carbocycles. The molecule has 4 atom stereocenters. The molecule has 0 radical (unpaired) electrons. The Morgan fingerprint density at radius 3 is 2.82 bits per heavy atom. The zero-order valence-electron chi connectivity index (χ0n) is 12.7. The predicted octanol–water partition coefficient (Wildman–Crippen LogP) is 1.57. The maximum atomic E-state index is 12.0. The molecule has 3 unspecified atom stereocenters. The van der Waals surface area contributed by atoms with E-state index in [4.69, 9.17) is 5.11 Å². The molecule has 0 aromatic rings. The van der Waals surface area contributed by atoms with Crippen molar-refractivity contribution in [3.8, 4) is 0 Å². The topological polar surface area (TPSA) is 94.8 Å². The van der Waals surface area contributed by atoms with Gasteiger partial charge in [-0.2, -0.15) is 11.8 Å². The van der Waals surface area contributed by atoms with Gasteiger partial charge in [0.1, 0.15) is 5.78 Å². The third-order valence-electron chi connectivity index (χ3n) is 3.45. The first-order chi connectivity index (χ1) is 10.5. The molecule has 1 fully saturated rings. The molecule has 126 valence electrons. The summed E-state index contributed by atoms with van der Waals surface area (Å²) in [6.07, 6.45) is 3.81. The Labute approximate surface area is 139 Å². The van der Waals surface area contributed by atoms with Crippen molar-refractivity contribution in [2.24, 2.45) is 5.92 Å². The van der Waals surface area contributed by atoms with Gasteiger partial charge >= 0.3 is 5.97 Å². The SMILES string of the molecule is CCC(O)/C=C/[C@H]1C(O)CC(=O)C1SCCCSCC(=O)O. The molecular weight excluding hydrogens is 324 g/mol. The number of ketones is 1. The molecule has 3 N–H and O–H groups in total. The number of aliphatic hydroxyl groups is 2. The molecule has 0 saturated heterocycles. The summed E-state index contributed by atoms with van der Waals surface area (Å²) in [6, 6.07) is 0. The van der Waals surface area contributed by atoms with E-state index < -0.39 is 18.2 Å². The third-order valence-corrected chi connectivity index (χ3v) is 5.94. The minimum atomic E-state index is -0.813. The molecule has 0 aromatic heterocycles. The number of carboxylic acid groups (broad SMARTS) is 1. The number of hydrogen-bond donors (Lipinski definition) is 3. The molecule has 7 heteroatoms. The lowest BCUT2D eigenvalue weighted by atomic mass is 10.0. The minimum absolute atomic E-state index is 0.0522. The van der Waals surface area contributed by atoms with Crippen LogP contribution in [0.3, 0.4) is 0 Å². The van der Waals surface area contributed by atoms with Gasteiger partial charge in [-0.3, -0.25) is 9.59 Å². The summed E-state index contributed by atoms with van der Waals surface area (Å²) in [5, 5.41) is 27.8. The number of Topliss-reactive ketones (excluding diaryl/α,β-unsaturated/α-hetero) is 1. The maximum absolute atomic E-state index is 12.0. The van der Waals surface area contributed by atoms with Gasteiger partial charge in [-0.15, -0.1) is 11.8 Å². The van der Waals surface area contributed by atoms with Crippen LogP contribution >= 0.6 is 23.5 Å². The highest BCUT2D eigenvalue weighted by atomic mass is 32.2. The van der Waals surface area contributed by atoms with Crippen molar-refractivity contribution in [1.82, 2.24) is 0 Å². The quantitative estimate of drug-likeness (QED) is 0.407. The van der Waals surface area contributed by atoms with E-state index >= 15 is 0 Å². The van der Waals surface area contributed by atoms with E-state index in [1.54, 1.807) is 12.2 Å². The Bertz CT molecular complexity index is 399. The number of thioether (sulfide) groups is 2. The number of aliphatic hydroxyl groups excluding tert-OH is 2. The summed E-state index contributed by atoms with van der Waals surface area (Å²) in [4.78, 5) is 22.3. The minimum Gasteiger partial charge on any atom is -0.481 e. The summed E-state index contributed by atoms with van der Waals surface area (Å²) in [6.45, 7) is 1.87.